The summed E-state index contributed by atoms with van der Waals surface area (Å²) in [6, 6.07) is 9.26. The van der Waals surface area contributed by atoms with Gasteiger partial charge < -0.3 is 9.67 Å². The van der Waals surface area contributed by atoms with Crippen LogP contribution in [0.4, 0.5) is 0 Å². The second-order valence-corrected chi connectivity index (χ2v) is 4.71. The van der Waals surface area contributed by atoms with Crippen LogP contribution in [0.15, 0.2) is 42.7 Å². The molecule has 20 heavy (non-hydrogen) atoms. The van der Waals surface area contributed by atoms with E-state index in [0.717, 1.165) is 11.4 Å². The number of rotatable bonds is 6. The molecule has 5 nitrogen and oxygen atoms in total. The van der Waals surface area contributed by atoms with E-state index in [0.29, 0.717) is 13.1 Å². The molecular formula is C15H19N3O2. The lowest BCUT2D eigenvalue weighted by molar-refractivity contribution is -0.146. The van der Waals surface area contributed by atoms with Gasteiger partial charge in [-0.2, -0.15) is 0 Å². The summed E-state index contributed by atoms with van der Waals surface area (Å²) in [5.41, 5.74) is -0.413. The minimum Gasteiger partial charge on any atom is -0.480 e. The Labute approximate surface area is 118 Å². The molecule has 0 saturated heterocycles. The Bertz CT molecular complexity index is 580. The maximum Gasteiger partial charge on any atom is 0.330 e. The summed E-state index contributed by atoms with van der Waals surface area (Å²) in [6.45, 7) is 4.63. The first-order valence-electron chi connectivity index (χ1n) is 6.62. The number of aryl methyl sites for hydroxylation is 1. The third-order valence-electron chi connectivity index (χ3n) is 3.44. The van der Waals surface area contributed by atoms with Crippen LogP contribution in [-0.2, 0) is 16.9 Å². The molecule has 0 fully saturated rings. The molecule has 1 atom stereocenters. The summed E-state index contributed by atoms with van der Waals surface area (Å²) in [7, 11) is 0. The summed E-state index contributed by atoms with van der Waals surface area (Å²) in [5.74, 6) is -0.0943. The Morgan fingerprint density at radius 3 is 2.60 bits per heavy atom. The van der Waals surface area contributed by atoms with E-state index in [-0.39, 0.29) is 0 Å². The molecule has 1 aromatic carbocycles. The number of hydrogen-bond acceptors (Lipinski definition) is 3. The molecule has 1 unspecified atom stereocenters. The van der Waals surface area contributed by atoms with Gasteiger partial charge in [0.15, 0.2) is 5.54 Å². The van der Waals surface area contributed by atoms with Crippen molar-refractivity contribution in [1.82, 2.24) is 14.9 Å². The van der Waals surface area contributed by atoms with Crippen molar-refractivity contribution in [2.75, 3.05) is 6.54 Å². The Kier molecular flexibility index (Phi) is 4.20. The van der Waals surface area contributed by atoms with E-state index in [4.69, 9.17) is 0 Å². The van der Waals surface area contributed by atoms with E-state index in [1.807, 2.05) is 48.7 Å². The quantitative estimate of drug-likeness (QED) is 0.842. The first kappa shape index (κ1) is 14.3. The van der Waals surface area contributed by atoms with Gasteiger partial charge in [0.2, 0.25) is 0 Å². The third kappa shape index (κ3) is 2.58. The van der Waals surface area contributed by atoms with Crippen molar-refractivity contribution < 1.29 is 9.90 Å². The lowest BCUT2D eigenvalue weighted by Crippen LogP contribution is -2.52. The number of aromatic nitrogens is 2. The number of hydrogen-bond donors (Lipinski definition) is 2. The number of carboxylic acids is 1. The molecule has 0 aliphatic carbocycles. The largest absolute Gasteiger partial charge is 0.480 e. The predicted molar refractivity (Wildman–Crippen MR) is 76.4 cm³/mol. The molecule has 1 heterocycles. The monoisotopic (exact) mass is 273 g/mol. The number of imidazole rings is 1. The zero-order chi connectivity index (χ0) is 14.6. The average molecular weight is 273 g/mol. The number of likely N-dealkylation sites (N-methyl/N-ethyl adjacent to an activating group) is 1. The van der Waals surface area contributed by atoms with Crippen LogP contribution >= 0.6 is 0 Å². The smallest absolute Gasteiger partial charge is 0.330 e. The maximum atomic E-state index is 12.0. The minimum atomic E-state index is -1.15. The highest BCUT2D eigenvalue weighted by Crippen LogP contribution is 2.24. The Balaban J connectivity index is 2.48. The second-order valence-electron chi connectivity index (χ2n) is 4.71. The third-order valence-corrected chi connectivity index (χ3v) is 3.44. The number of carbonyl (C=O) groups is 1. The molecule has 0 spiro atoms. The number of benzene rings is 1. The molecule has 0 aliphatic rings. The van der Waals surface area contributed by atoms with Gasteiger partial charge in [-0.3, -0.25) is 5.32 Å². The van der Waals surface area contributed by atoms with E-state index in [2.05, 4.69) is 10.3 Å². The van der Waals surface area contributed by atoms with Crippen molar-refractivity contribution in [3.05, 3.63) is 54.1 Å². The Hall–Kier alpha value is -2.14. The minimum absolute atomic E-state index is 0.298. The van der Waals surface area contributed by atoms with Gasteiger partial charge in [0.1, 0.15) is 5.82 Å². The molecule has 0 bridgehead atoms. The normalized spacial score (nSPS) is 13.9. The van der Waals surface area contributed by atoms with Crippen LogP contribution in [0.25, 0.3) is 0 Å². The van der Waals surface area contributed by atoms with Crippen LogP contribution in [-0.4, -0.2) is 27.2 Å². The maximum absolute atomic E-state index is 12.0. The van der Waals surface area contributed by atoms with Crippen molar-refractivity contribution in [1.29, 1.82) is 0 Å². The van der Waals surface area contributed by atoms with Crippen molar-refractivity contribution >= 4 is 5.97 Å². The van der Waals surface area contributed by atoms with E-state index in [9.17, 15) is 9.90 Å². The van der Waals surface area contributed by atoms with E-state index in [1.165, 1.54) is 0 Å². The highest BCUT2D eigenvalue weighted by atomic mass is 16.4. The van der Waals surface area contributed by atoms with E-state index in [1.54, 1.807) is 12.4 Å². The van der Waals surface area contributed by atoms with Gasteiger partial charge in [0, 0.05) is 12.4 Å². The lowest BCUT2D eigenvalue weighted by atomic mass is 9.89. The highest BCUT2D eigenvalue weighted by molar-refractivity contribution is 5.80. The number of carboxylic acid groups (broad SMARTS) is 1. The van der Waals surface area contributed by atoms with Crippen molar-refractivity contribution in [2.45, 2.75) is 25.9 Å². The molecule has 5 heteroatoms. The van der Waals surface area contributed by atoms with Gasteiger partial charge in [0.25, 0.3) is 0 Å². The SMILES string of the molecule is CCNC(Cn1ccnc1C)(C(=O)O)c1ccccc1. The molecule has 2 N–H and O–H groups in total. The zero-order valence-corrected chi connectivity index (χ0v) is 11.7. The van der Waals surface area contributed by atoms with E-state index >= 15 is 0 Å². The Morgan fingerprint density at radius 2 is 2.10 bits per heavy atom. The van der Waals surface area contributed by atoms with Gasteiger partial charge in [0.05, 0.1) is 6.54 Å². The molecule has 0 amide bonds. The van der Waals surface area contributed by atoms with Crippen LogP contribution in [0.3, 0.4) is 0 Å². The molecule has 2 aromatic rings. The Morgan fingerprint density at radius 1 is 1.40 bits per heavy atom. The fourth-order valence-corrected chi connectivity index (χ4v) is 2.37. The van der Waals surface area contributed by atoms with Crippen molar-refractivity contribution in [2.24, 2.45) is 0 Å². The van der Waals surface area contributed by atoms with Crippen LogP contribution in [0.1, 0.15) is 18.3 Å². The summed E-state index contributed by atoms with van der Waals surface area (Å²) < 4.78 is 1.85. The molecule has 2 rings (SSSR count). The van der Waals surface area contributed by atoms with Crippen LogP contribution in [0.5, 0.6) is 0 Å². The number of nitrogens with zero attached hydrogens (tertiary/aromatic N) is 2. The van der Waals surface area contributed by atoms with Crippen molar-refractivity contribution in [3.63, 3.8) is 0 Å². The van der Waals surface area contributed by atoms with Gasteiger partial charge in [-0.15, -0.1) is 0 Å². The molecule has 0 aliphatic heterocycles. The first-order chi connectivity index (χ1) is 9.60. The fourth-order valence-electron chi connectivity index (χ4n) is 2.37. The van der Waals surface area contributed by atoms with Crippen LogP contribution < -0.4 is 5.32 Å². The molecule has 106 valence electrons. The standard InChI is InChI=1S/C15H19N3O2/c1-3-17-15(14(19)20,13-7-5-4-6-8-13)11-18-10-9-16-12(18)2/h4-10,17H,3,11H2,1-2H3,(H,19,20). The summed E-state index contributed by atoms with van der Waals surface area (Å²) in [4.78, 5) is 16.1. The first-order valence-corrected chi connectivity index (χ1v) is 6.62. The van der Waals surface area contributed by atoms with Gasteiger partial charge >= 0.3 is 5.97 Å². The van der Waals surface area contributed by atoms with Crippen LogP contribution in [0, 0.1) is 6.92 Å². The molecule has 0 saturated carbocycles. The summed E-state index contributed by atoms with van der Waals surface area (Å²) in [5, 5.41) is 12.9. The second kappa shape index (κ2) is 5.88. The summed E-state index contributed by atoms with van der Waals surface area (Å²) >= 11 is 0. The average Bonchev–Trinajstić information content (AvgIpc) is 2.84. The summed E-state index contributed by atoms with van der Waals surface area (Å²) in [6.07, 6.45) is 3.48. The lowest BCUT2D eigenvalue weighted by Gasteiger charge is -2.31. The van der Waals surface area contributed by atoms with Crippen molar-refractivity contribution in [3.8, 4) is 0 Å². The highest BCUT2D eigenvalue weighted by Gasteiger charge is 2.40. The molecule has 1 aromatic heterocycles. The molecule has 0 radical (unpaired) electrons. The van der Waals surface area contributed by atoms with E-state index < -0.39 is 11.5 Å². The number of nitrogens with one attached hydrogen (secondary N) is 1. The molecular weight excluding hydrogens is 254 g/mol. The number of aliphatic carboxylic acids is 1. The van der Waals surface area contributed by atoms with Gasteiger partial charge in [-0.05, 0) is 19.0 Å². The predicted octanol–water partition coefficient (Wildman–Crippen LogP) is 1.78. The van der Waals surface area contributed by atoms with Gasteiger partial charge in [-0.1, -0.05) is 37.3 Å². The zero-order valence-electron chi connectivity index (χ0n) is 11.7. The topological polar surface area (TPSA) is 67.2 Å². The fraction of sp³-hybridized carbons (Fsp3) is 0.333. The van der Waals surface area contributed by atoms with Crippen LogP contribution in [0.2, 0.25) is 0 Å². The van der Waals surface area contributed by atoms with Gasteiger partial charge in [-0.25, -0.2) is 9.78 Å².